The third-order valence-electron chi connectivity index (χ3n) is 5.29. The van der Waals surface area contributed by atoms with Gasteiger partial charge in [-0.3, -0.25) is 9.69 Å². The summed E-state index contributed by atoms with van der Waals surface area (Å²) >= 11 is 0. The van der Waals surface area contributed by atoms with Crippen molar-refractivity contribution in [1.82, 2.24) is 4.90 Å². The molecule has 1 amide bonds. The molecular formula is C24H32N2O3. The third kappa shape index (κ3) is 6.23. The molecule has 0 aliphatic heterocycles. The first kappa shape index (κ1) is 21.2. The van der Waals surface area contributed by atoms with Crippen LogP contribution in [0.5, 0.6) is 11.5 Å². The maximum absolute atomic E-state index is 12.9. The van der Waals surface area contributed by atoms with E-state index in [-0.39, 0.29) is 5.91 Å². The summed E-state index contributed by atoms with van der Waals surface area (Å²) in [5, 5.41) is 3.04. The number of nitrogens with one attached hydrogen (secondary N) is 1. The first-order valence-corrected chi connectivity index (χ1v) is 10.6. The molecule has 1 aliphatic carbocycles. The van der Waals surface area contributed by atoms with Crippen LogP contribution in [-0.4, -0.2) is 36.6 Å². The standard InChI is InChI=1S/C24H32N2O3/c1-4-28-21-13-14-23(29-5-2)22(15-21)25-24(27)17-26(18(3)20-11-12-20)16-19-9-7-6-8-10-19/h6-10,13-15,18,20H,4-5,11-12,16-17H2,1-3H3,(H,25,27). The Bertz CT molecular complexity index is 790. The summed E-state index contributed by atoms with van der Waals surface area (Å²) in [6.45, 7) is 8.33. The van der Waals surface area contributed by atoms with E-state index in [1.165, 1.54) is 18.4 Å². The highest BCUT2D eigenvalue weighted by molar-refractivity contribution is 5.94. The van der Waals surface area contributed by atoms with E-state index in [0.29, 0.717) is 43.2 Å². The SMILES string of the molecule is CCOc1ccc(OCC)c(NC(=O)CN(Cc2ccccc2)C(C)C2CC2)c1. The molecule has 2 aromatic rings. The first-order chi connectivity index (χ1) is 14.1. The fourth-order valence-corrected chi connectivity index (χ4v) is 3.56. The molecule has 2 aromatic carbocycles. The minimum Gasteiger partial charge on any atom is -0.494 e. The van der Waals surface area contributed by atoms with Crippen LogP contribution >= 0.6 is 0 Å². The van der Waals surface area contributed by atoms with Gasteiger partial charge in [0.25, 0.3) is 0 Å². The largest absolute Gasteiger partial charge is 0.494 e. The van der Waals surface area contributed by atoms with E-state index < -0.39 is 0 Å². The van der Waals surface area contributed by atoms with Gasteiger partial charge >= 0.3 is 0 Å². The second kappa shape index (κ2) is 10.3. The number of hydrogen-bond donors (Lipinski definition) is 1. The number of nitrogens with zero attached hydrogens (tertiary/aromatic N) is 1. The maximum atomic E-state index is 12.9. The number of carbonyl (C=O) groups is 1. The Hall–Kier alpha value is -2.53. The lowest BCUT2D eigenvalue weighted by atomic mass is 10.1. The number of anilines is 1. The van der Waals surface area contributed by atoms with Gasteiger partial charge in [0.15, 0.2) is 0 Å². The van der Waals surface area contributed by atoms with Crippen molar-refractivity contribution in [2.75, 3.05) is 25.1 Å². The molecule has 1 aliphatic rings. The molecule has 5 nitrogen and oxygen atoms in total. The van der Waals surface area contributed by atoms with E-state index >= 15 is 0 Å². The van der Waals surface area contributed by atoms with Crippen LogP contribution in [-0.2, 0) is 11.3 Å². The van der Waals surface area contributed by atoms with E-state index in [2.05, 4.69) is 29.3 Å². The summed E-state index contributed by atoms with van der Waals surface area (Å²) in [4.78, 5) is 15.2. The van der Waals surface area contributed by atoms with E-state index in [9.17, 15) is 4.79 Å². The lowest BCUT2D eigenvalue weighted by Gasteiger charge is -2.29. The Morgan fingerprint density at radius 2 is 1.83 bits per heavy atom. The highest BCUT2D eigenvalue weighted by atomic mass is 16.5. The normalized spacial score (nSPS) is 14.5. The van der Waals surface area contributed by atoms with Gasteiger partial charge in [-0.15, -0.1) is 0 Å². The number of benzene rings is 2. The third-order valence-corrected chi connectivity index (χ3v) is 5.29. The Balaban J connectivity index is 1.71. The van der Waals surface area contributed by atoms with Gasteiger partial charge in [0.05, 0.1) is 25.4 Å². The van der Waals surface area contributed by atoms with Crippen molar-refractivity contribution in [1.29, 1.82) is 0 Å². The van der Waals surface area contributed by atoms with Gasteiger partial charge in [0.2, 0.25) is 5.91 Å². The predicted molar refractivity (Wildman–Crippen MR) is 116 cm³/mol. The van der Waals surface area contributed by atoms with Gasteiger partial charge in [0.1, 0.15) is 11.5 Å². The monoisotopic (exact) mass is 396 g/mol. The summed E-state index contributed by atoms with van der Waals surface area (Å²) < 4.78 is 11.3. The Kier molecular flexibility index (Phi) is 7.53. The molecule has 0 aromatic heterocycles. The van der Waals surface area contributed by atoms with Crippen molar-refractivity contribution in [2.45, 2.75) is 46.2 Å². The van der Waals surface area contributed by atoms with Crippen molar-refractivity contribution >= 4 is 11.6 Å². The van der Waals surface area contributed by atoms with E-state index in [0.717, 1.165) is 12.3 Å². The molecule has 1 unspecified atom stereocenters. The molecular weight excluding hydrogens is 364 g/mol. The molecule has 0 bridgehead atoms. The highest BCUT2D eigenvalue weighted by Crippen LogP contribution is 2.36. The molecule has 29 heavy (non-hydrogen) atoms. The summed E-state index contributed by atoms with van der Waals surface area (Å²) in [6.07, 6.45) is 2.50. The van der Waals surface area contributed by atoms with Crippen molar-refractivity contribution in [3.05, 3.63) is 54.1 Å². The number of ether oxygens (including phenoxy) is 2. The number of carbonyl (C=O) groups excluding carboxylic acids is 1. The second-order valence-electron chi connectivity index (χ2n) is 7.54. The van der Waals surface area contributed by atoms with Crippen molar-refractivity contribution in [3.8, 4) is 11.5 Å². The average Bonchev–Trinajstić information content (AvgIpc) is 3.55. The number of hydrogen-bond acceptors (Lipinski definition) is 4. The molecule has 0 saturated heterocycles. The molecule has 1 fully saturated rings. The van der Waals surface area contributed by atoms with Crippen LogP contribution < -0.4 is 14.8 Å². The van der Waals surface area contributed by atoms with Crippen molar-refractivity contribution < 1.29 is 14.3 Å². The fourth-order valence-electron chi connectivity index (χ4n) is 3.56. The summed E-state index contributed by atoms with van der Waals surface area (Å²) in [5.74, 6) is 2.03. The zero-order valence-electron chi connectivity index (χ0n) is 17.7. The van der Waals surface area contributed by atoms with Crippen LogP contribution in [0, 0.1) is 5.92 Å². The lowest BCUT2D eigenvalue weighted by Crippen LogP contribution is -2.40. The number of rotatable bonds is 11. The van der Waals surface area contributed by atoms with Gasteiger partial charge in [-0.05, 0) is 57.2 Å². The second-order valence-corrected chi connectivity index (χ2v) is 7.54. The average molecular weight is 397 g/mol. The molecule has 0 radical (unpaired) electrons. The molecule has 5 heteroatoms. The van der Waals surface area contributed by atoms with E-state index in [1.54, 1.807) is 0 Å². The summed E-state index contributed by atoms with van der Waals surface area (Å²) in [7, 11) is 0. The number of amides is 1. The molecule has 156 valence electrons. The lowest BCUT2D eigenvalue weighted by molar-refractivity contribution is -0.118. The zero-order chi connectivity index (χ0) is 20.6. The van der Waals surface area contributed by atoms with Crippen molar-refractivity contribution in [3.63, 3.8) is 0 Å². The molecule has 0 spiro atoms. The minimum atomic E-state index is -0.0389. The predicted octanol–water partition coefficient (Wildman–Crippen LogP) is 4.72. The van der Waals surface area contributed by atoms with Gasteiger partial charge in [-0.1, -0.05) is 30.3 Å². The Morgan fingerprint density at radius 3 is 2.48 bits per heavy atom. The van der Waals surface area contributed by atoms with Crippen LogP contribution in [0.4, 0.5) is 5.69 Å². The Morgan fingerprint density at radius 1 is 1.10 bits per heavy atom. The smallest absolute Gasteiger partial charge is 0.238 e. The quantitative estimate of drug-likeness (QED) is 0.597. The van der Waals surface area contributed by atoms with Crippen LogP contribution in [0.3, 0.4) is 0 Å². The summed E-state index contributed by atoms with van der Waals surface area (Å²) in [6, 6.07) is 16.3. The summed E-state index contributed by atoms with van der Waals surface area (Å²) in [5.41, 5.74) is 1.88. The van der Waals surface area contributed by atoms with Crippen LogP contribution in [0.2, 0.25) is 0 Å². The van der Waals surface area contributed by atoms with Crippen LogP contribution in [0.1, 0.15) is 39.2 Å². The van der Waals surface area contributed by atoms with Gasteiger partial charge in [-0.25, -0.2) is 0 Å². The molecule has 1 N–H and O–H groups in total. The zero-order valence-corrected chi connectivity index (χ0v) is 17.7. The molecule has 1 saturated carbocycles. The first-order valence-electron chi connectivity index (χ1n) is 10.6. The van der Waals surface area contributed by atoms with Crippen molar-refractivity contribution in [2.24, 2.45) is 5.92 Å². The topological polar surface area (TPSA) is 50.8 Å². The van der Waals surface area contributed by atoms with E-state index in [4.69, 9.17) is 9.47 Å². The van der Waals surface area contributed by atoms with Crippen LogP contribution in [0.15, 0.2) is 48.5 Å². The van der Waals surface area contributed by atoms with Gasteiger partial charge in [-0.2, -0.15) is 0 Å². The van der Waals surface area contributed by atoms with Crippen LogP contribution in [0.25, 0.3) is 0 Å². The highest BCUT2D eigenvalue weighted by Gasteiger charge is 2.32. The van der Waals surface area contributed by atoms with Gasteiger partial charge in [0, 0.05) is 18.7 Å². The molecule has 1 atom stereocenters. The molecule has 0 heterocycles. The van der Waals surface area contributed by atoms with Gasteiger partial charge < -0.3 is 14.8 Å². The Labute approximate surface area is 174 Å². The van der Waals surface area contributed by atoms with E-state index in [1.807, 2.05) is 50.2 Å². The molecule has 3 rings (SSSR count). The maximum Gasteiger partial charge on any atom is 0.238 e. The fraction of sp³-hybridized carbons (Fsp3) is 0.458. The minimum absolute atomic E-state index is 0.0389.